The van der Waals surface area contributed by atoms with Crippen molar-refractivity contribution in [2.24, 2.45) is 0 Å². The minimum absolute atomic E-state index is 0.0703. The van der Waals surface area contributed by atoms with Gasteiger partial charge in [-0.2, -0.15) is 0 Å². The molecular weight excluding hydrogens is 528 g/mol. The second-order valence-electron chi connectivity index (χ2n) is 8.83. The van der Waals surface area contributed by atoms with Crippen LogP contribution >= 0.6 is 0 Å². The number of carboxylic acid groups (broad SMARTS) is 1. The van der Waals surface area contributed by atoms with Crippen LogP contribution in [0.4, 0.5) is 0 Å². The monoisotopic (exact) mass is 552 g/mol. The second kappa shape index (κ2) is 11.2. The lowest BCUT2D eigenvalue weighted by molar-refractivity contribution is -0.160. The smallest absolute Gasteiger partial charge is 0.345 e. The molecule has 0 aliphatic carbocycles. The lowest BCUT2D eigenvalue weighted by Gasteiger charge is -2.18. The number of carbonyl (C=O) groups is 3. The fourth-order valence-electron chi connectivity index (χ4n) is 4.31. The van der Waals surface area contributed by atoms with Crippen molar-refractivity contribution in [3.8, 4) is 34.5 Å². The van der Waals surface area contributed by atoms with Gasteiger partial charge in [0.15, 0.2) is 34.5 Å². The van der Waals surface area contributed by atoms with Gasteiger partial charge in [0.25, 0.3) is 0 Å². The highest BCUT2D eigenvalue weighted by atomic mass is 16.6. The molecule has 3 atom stereocenters. The second-order valence-corrected chi connectivity index (χ2v) is 8.83. The molecule has 3 aromatic carbocycles. The lowest BCUT2D eigenvalue weighted by atomic mass is 9.87. The van der Waals surface area contributed by atoms with E-state index >= 15 is 0 Å². The Kier molecular flexibility index (Phi) is 7.71. The molecule has 0 radical (unpaired) electrons. The number of methoxy groups -OCH3 is 1. The normalized spacial score (nSPS) is 16.6. The summed E-state index contributed by atoms with van der Waals surface area (Å²) in [6.45, 7) is 0. The molecule has 0 fully saturated rings. The van der Waals surface area contributed by atoms with Crippen LogP contribution in [0.3, 0.4) is 0 Å². The van der Waals surface area contributed by atoms with E-state index in [0.717, 1.165) is 19.3 Å². The number of hydrogen-bond acceptors (Lipinski definition) is 11. The molecule has 12 heteroatoms. The lowest BCUT2D eigenvalue weighted by Crippen LogP contribution is -2.28. The maximum absolute atomic E-state index is 12.8. The number of phenolic OH excluding ortho intramolecular Hbond substituents is 5. The third-order valence-corrected chi connectivity index (χ3v) is 6.24. The number of carbonyl (C=O) groups excluding carboxylic acids is 2. The van der Waals surface area contributed by atoms with Crippen LogP contribution in [0.5, 0.6) is 34.5 Å². The summed E-state index contributed by atoms with van der Waals surface area (Å²) in [5.74, 6) is -6.46. The Hall–Kier alpha value is -5.39. The molecule has 1 heterocycles. The topological polar surface area (TPSA) is 200 Å². The van der Waals surface area contributed by atoms with Gasteiger partial charge in [0.05, 0.1) is 7.11 Å². The summed E-state index contributed by atoms with van der Waals surface area (Å²) in [6, 6.07) is 10.2. The van der Waals surface area contributed by atoms with Crippen LogP contribution in [-0.2, 0) is 30.3 Å². The summed E-state index contributed by atoms with van der Waals surface area (Å²) in [6.07, 6.45) is -0.798. The van der Waals surface area contributed by atoms with Gasteiger partial charge in [-0.1, -0.05) is 18.2 Å². The molecule has 0 saturated heterocycles. The number of carboxylic acids is 1. The average Bonchev–Trinajstić information content (AvgIpc) is 3.33. The van der Waals surface area contributed by atoms with E-state index in [9.17, 15) is 45.0 Å². The predicted molar refractivity (Wildman–Crippen MR) is 136 cm³/mol. The molecule has 0 saturated carbocycles. The number of rotatable bonds is 8. The Morgan fingerprint density at radius 2 is 1.55 bits per heavy atom. The summed E-state index contributed by atoms with van der Waals surface area (Å²) in [4.78, 5) is 37.1. The van der Waals surface area contributed by atoms with E-state index in [2.05, 4.69) is 0 Å². The van der Waals surface area contributed by atoms with Crippen LogP contribution < -0.4 is 4.74 Å². The highest BCUT2D eigenvalue weighted by molar-refractivity contribution is 5.91. The number of aliphatic carboxylic acids is 1. The van der Waals surface area contributed by atoms with Crippen molar-refractivity contribution >= 4 is 24.0 Å². The molecule has 1 aliphatic heterocycles. The molecule has 0 amide bonds. The first-order valence-electron chi connectivity index (χ1n) is 11.7. The van der Waals surface area contributed by atoms with Gasteiger partial charge in [-0.25, -0.2) is 9.59 Å². The predicted octanol–water partition coefficient (Wildman–Crippen LogP) is 2.86. The summed E-state index contributed by atoms with van der Waals surface area (Å²) >= 11 is 0. The zero-order chi connectivity index (χ0) is 29.1. The van der Waals surface area contributed by atoms with Crippen LogP contribution in [0.2, 0.25) is 0 Å². The fraction of sp³-hybridized carbons (Fsp3) is 0.179. The summed E-state index contributed by atoms with van der Waals surface area (Å²) < 4.78 is 15.9. The summed E-state index contributed by atoms with van der Waals surface area (Å²) in [5, 5.41) is 58.6. The zero-order valence-corrected chi connectivity index (χ0v) is 20.8. The van der Waals surface area contributed by atoms with Crippen molar-refractivity contribution in [3.63, 3.8) is 0 Å². The third-order valence-electron chi connectivity index (χ3n) is 6.24. The Labute approximate surface area is 226 Å². The van der Waals surface area contributed by atoms with Crippen LogP contribution in [0.1, 0.15) is 34.3 Å². The van der Waals surface area contributed by atoms with Crippen molar-refractivity contribution in [1.82, 2.24) is 0 Å². The highest BCUT2D eigenvalue weighted by Gasteiger charge is 2.44. The van der Waals surface area contributed by atoms with Crippen LogP contribution in [0.25, 0.3) is 6.08 Å². The van der Waals surface area contributed by atoms with Gasteiger partial charge in [-0.05, 0) is 53.1 Å². The van der Waals surface area contributed by atoms with E-state index in [1.807, 2.05) is 0 Å². The molecule has 1 aliphatic rings. The van der Waals surface area contributed by atoms with Gasteiger partial charge in [0.1, 0.15) is 12.0 Å². The minimum atomic E-state index is -1.62. The van der Waals surface area contributed by atoms with Gasteiger partial charge >= 0.3 is 17.9 Å². The van der Waals surface area contributed by atoms with Gasteiger partial charge in [-0.15, -0.1) is 0 Å². The first-order chi connectivity index (χ1) is 19.0. The molecule has 0 aromatic heterocycles. The largest absolute Gasteiger partial charge is 0.504 e. The SMILES string of the molecule is COC(=O)[C@H]1c2c(/C=C/C(=O)O[C@@H](Cc3ccc(O)c(O)c3)C(=O)O)ccc(O)c2O[C@@H]1c1ccc(O)c(O)c1. The Bertz CT molecular complexity index is 1510. The van der Waals surface area contributed by atoms with E-state index in [0.29, 0.717) is 11.1 Å². The fourth-order valence-corrected chi connectivity index (χ4v) is 4.31. The van der Waals surface area contributed by atoms with Crippen molar-refractivity contribution in [1.29, 1.82) is 0 Å². The third kappa shape index (κ3) is 5.55. The molecule has 0 spiro atoms. The Morgan fingerprint density at radius 1 is 0.900 bits per heavy atom. The van der Waals surface area contributed by atoms with Crippen molar-refractivity contribution in [2.75, 3.05) is 7.11 Å². The summed E-state index contributed by atoms with van der Waals surface area (Å²) in [5.41, 5.74) is 1.00. The molecule has 0 unspecified atom stereocenters. The van der Waals surface area contributed by atoms with Gasteiger partial charge in [0, 0.05) is 18.1 Å². The number of esters is 2. The van der Waals surface area contributed by atoms with Crippen LogP contribution in [0, 0.1) is 0 Å². The van der Waals surface area contributed by atoms with E-state index in [1.165, 1.54) is 48.5 Å². The van der Waals surface area contributed by atoms with E-state index in [4.69, 9.17) is 14.2 Å². The van der Waals surface area contributed by atoms with Crippen molar-refractivity contribution < 1.29 is 59.2 Å². The first kappa shape index (κ1) is 27.6. The van der Waals surface area contributed by atoms with Crippen LogP contribution in [-0.4, -0.2) is 61.8 Å². The van der Waals surface area contributed by atoms with E-state index in [-0.39, 0.29) is 34.8 Å². The number of phenols is 5. The molecule has 208 valence electrons. The standard InChI is InChI=1S/C28H24O12/c1-38-28(37)24-23-14(3-8-18(31)26(23)40-25(24)15-4-7-17(30)20(33)12-15)5-9-22(34)39-21(27(35)36)11-13-2-6-16(29)19(32)10-13/h2-10,12,21,24-25,29-33H,11H2,1H3,(H,35,36)/b9-5+/t21-,24-,25+/m0/s1. The molecule has 4 rings (SSSR count). The number of hydrogen-bond donors (Lipinski definition) is 6. The highest BCUT2D eigenvalue weighted by Crippen LogP contribution is 2.52. The van der Waals surface area contributed by atoms with E-state index < -0.39 is 53.3 Å². The minimum Gasteiger partial charge on any atom is -0.504 e. The molecular formula is C28H24O12. The van der Waals surface area contributed by atoms with Crippen molar-refractivity contribution in [3.05, 3.63) is 76.9 Å². The maximum Gasteiger partial charge on any atom is 0.345 e. The molecule has 0 bridgehead atoms. The average molecular weight is 552 g/mol. The quantitative estimate of drug-likeness (QED) is 0.136. The van der Waals surface area contributed by atoms with E-state index in [1.54, 1.807) is 0 Å². The molecule has 3 aromatic rings. The zero-order valence-electron chi connectivity index (χ0n) is 20.8. The number of benzene rings is 3. The Morgan fingerprint density at radius 3 is 2.17 bits per heavy atom. The van der Waals surface area contributed by atoms with Gasteiger partial charge in [-0.3, -0.25) is 4.79 Å². The molecule has 40 heavy (non-hydrogen) atoms. The van der Waals surface area contributed by atoms with Gasteiger partial charge in [0.2, 0.25) is 6.10 Å². The van der Waals surface area contributed by atoms with Crippen molar-refractivity contribution in [2.45, 2.75) is 24.5 Å². The molecule has 12 nitrogen and oxygen atoms in total. The van der Waals surface area contributed by atoms with Crippen LogP contribution in [0.15, 0.2) is 54.6 Å². The maximum atomic E-state index is 12.8. The Balaban J connectivity index is 1.61. The summed E-state index contributed by atoms with van der Waals surface area (Å²) in [7, 11) is 1.15. The number of aromatic hydroxyl groups is 5. The van der Waals surface area contributed by atoms with Gasteiger partial charge < -0.3 is 44.8 Å². The first-order valence-corrected chi connectivity index (χ1v) is 11.7. The number of fused-ring (bicyclic) bond motifs is 1. The molecule has 6 N–H and O–H groups in total. The number of ether oxygens (including phenoxy) is 3.